The van der Waals surface area contributed by atoms with Gasteiger partial charge >= 0.3 is 0 Å². The molecular formula is C17H25N. The van der Waals surface area contributed by atoms with Crippen LogP contribution in [0.5, 0.6) is 0 Å². The van der Waals surface area contributed by atoms with Crippen molar-refractivity contribution in [1.82, 2.24) is 5.32 Å². The smallest absolute Gasteiger partial charge is 0.00255 e. The van der Waals surface area contributed by atoms with Crippen LogP contribution in [0.2, 0.25) is 0 Å². The zero-order valence-electron chi connectivity index (χ0n) is 11.5. The molecule has 98 valence electrons. The zero-order valence-corrected chi connectivity index (χ0v) is 11.5. The molecule has 18 heavy (non-hydrogen) atoms. The van der Waals surface area contributed by atoms with Gasteiger partial charge in [-0.15, -0.1) is 0 Å². The quantitative estimate of drug-likeness (QED) is 0.787. The molecule has 1 spiro atoms. The average molecular weight is 243 g/mol. The van der Waals surface area contributed by atoms with Gasteiger partial charge < -0.3 is 5.32 Å². The molecule has 1 nitrogen and oxygen atoms in total. The van der Waals surface area contributed by atoms with Crippen molar-refractivity contribution in [2.75, 3.05) is 13.1 Å². The number of piperidine rings is 1. The van der Waals surface area contributed by atoms with Crippen LogP contribution in [0, 0.1) is 11.3 Å². The van der Waals surface area contributed by atoms with E-state index in [2.05, 4.69) is 42.6 Å². The van der Waals surface area contributed by atoms with E-state index in [0.29, 0.717) is 5.41 Å². The summed E-state index contributed by atoms with van der Waals surface area (Å²) in [6.45, 7) is 4.82. The Morgan fingerprint density at radius 1 is 1.06 bits per heavy atom. The number of benzene rings is 1. The van der Waals surface area contributed by atoms with Crippen molar-refractivity contribution in [2.24, 2.45) is 11.3 Å². The van der Waals surface area contributed by atoms with E-state index in [1.165, 1.54) is 45.2 Å². The van der Waals surface area contributed by atoms with E-state index in [1.54, 1.807) is 5.56 Å². The molecule has 1 unspecified atom stereocenters. The van der Waals surface area contributed by atoms with Crippen molar-refractivity contribution in [3.8, 4) is 0 Å². The van der Waals surface area contributed by atoms with Gasteiger partial charge in [0.25, 0.3) is 0 Å². The second kappa shape index (κ2) is 5.05. The van der Waals surface area contributed by atoms with Gasteiger partial charge in [0.15, 0.2) is 0 Å². The molecule has 1 aromatic rings. The van der Waals surface area contributed by atoms with E-state index in [0.717, 1.165) is 11.8 Å². The minimum absolute atomic E-state index is 0.596. The molecule has 1 aliphatic carbocycles. The normalized spacial score (nSPS) is 36.7. The van der Waals surface area contributed by atoms with Gasteiger partial charge in [0.2, 0.25) is 0 Å². The summed E-state index contributed by atoms with van der Waals surface area (Å²) in [6.07, 6.45) is 7.12. The zero-order chi connectivity index (χ0) is 12.4. The van der Waals surface area contributed by atoms with Gasteiger partial charge in [-0.25, -0.2) is 0 Å². The van der Waals surface area contributed by atoms with Crippen molar-refractivity contribution in [3.63, 3.8) is 0 Å². The van der Waals surface area contributed by atoms with E-state index in [4.69, 9.17) is 0 Å². The third-order valence-electron chi connectivity index (χ3n) is 5.36. The fourth-order valence-electron chi connectivity index (χ4n) is 4.07. The summed E-state index contributed by atoms with van der Waals surface area (Å²) in [7, 11) is 0. The second-order valence-corrected chi connectivity index (χ2v) is 6.46. The first kappa shape index (κ1) is 12.2. The highest BCUT2D eigenvalue weighted by Crippen LogP contribution is 2.51. The van der Waals surface area contributed by atoms with Crippen LogP contribution >= 0.6 is 0 Å². The Hall–Kier alpha value is -0.820. The van der Waals surface area contributed by atoms with Crippen LogP contribution in [0.4, 0.5) is 0 Å². The van der Waals surface area contributed by atoms with Gasteiger partial charge in [-0.1, -0.05) is 50.1 Å². The fourth-order valence-corrected chi connectivity index (χ4v) is 4.07. The van der Waals surface area contributed by atoms with Crippen molar-refractivity contribution in [3.05, 3.63) is 35.9 Å². The molecule has 1 heteroatoms. The number of nitrogens with one attached hydrogen (secondary N) is 1. The predicted molar refractivity (Wildman–Crippen MR) is 76.7 cm³/mol. The first-order valence-electron chi connectivity index (χ1n) is 7.56. The molecule has 1 aromatic carbocycles. The van der Waals surface area contributed by atoms with Crippen molar-refractivity contribution >= 4 is 0 Å². The summed E-state index contributed by atoms with van der Waals surface area (Å²) in [5, 5.41) is 3.62. The van der Waals surface area contributed by atoms with E-state index in [9.17, 15) is 0 Å². The number of hydrogen-bond acceptors (Lipinski definition) is 1. The summed E-state index contributed by atoms with van der Waals surface area (Å²) in [5.74, 6) is 1.68. The third-order valence-corrected chi connectivity index (χ3v) is 5.36. The molecule has 2 fully saturated rings. The van der Waals surface area contributed by atoms with Gasteiger partial charge in [0.1, 0.15) is 0 Å². The molecule has 1 atom stereocenters. The van der Waals surface area contributed by atoms with Gasteiger partial charge in [-0.2, -0.15) is 0 Å². The average Bonchev–Trinajstić information content (AvgIpc) is 2.44. The van der Waals surface area contributed by atoms with Crippen LogP contribution in [-0.4, -0.2) is 13.1 Å². The highest BCUT2D eigenvalue weighted by molar-refractivity contribution is 5.24. The lowest BCUT2D eigenvalue weighted by Crippen LogP contribution is -2.45. The molecule has 0 aromatic heterocycles. The monoisotopic (exact) mass is 243 g/mol. The summed E-state index contributed by atoms with van der Waals surface area (Å²) in [6, 6.07) is 11.2. The maximum absolute atomic E-state index is 3.62. The minimum atomic E-state index is 0.596. The molecule has 1 aliphatic heterocycles. The van der Waals surface area contributed by atoms with Gasteiger partial charge in [-0.3, -0.25) is 0 Å². The van der Waals surface area contributed by atoms with E-state index in [-0.39, 0.29) is 0 Å². The molecule has 1 N–H and O–H groups in total. The van der Waals surface area contributed by atoms with Crippen LogP contribution < -0.4 is 5.32 Å². The second-order valence-electron chi connectivity index (χ2n) is 6.46. The van der Waals surface area contributed by atoms with Crippen molar-refractivity contribution in [1.29, 1.82) is 0 Å². The number of hydrogen-bond donors (Lipinski definition) is 1. The Morgan fingerprint density at radius 3 is 2.50 bits per heavy atom. The highest BCUT2D eigenvalue weighted by Gasteiger charge is 2.42. The summed E-state index contributed by atoms with van der Waals surface area (Å²) < 4.78 is 0. The first-order valence-corrected chi connectivity index (χ1v) is 7.56. The maximum atomic E-state index is 3.62. The highest BCUT2D eigenvalue weighted by atomic mass is 14.9. The lowest BCUT2D eigenvalue weighted by Gasteiger charge is -2.48. The molecule has 3 rings (SSSR count). The van der Waals surface area contributed by atoms with E-state index in [1.807, 2.05) is 0 Å². The number of rotatable bonds is 1. The van der Waals surface area contributed by atoms with E-state index >= 15 is 0 Å². The Balaban J connectivity index is 1.86. The summed E-state index contributed by atoms with van der Waals surface area (Å²) >= 11 is 0. The maximum Gasteiger partial charge on any atom is 0.00255 e. The van der Waals surface area contributed by atoms with Crippen LogP contribution in [0.3, 0.4) is 0 Å². The molecule has 0 bridgehead atoms. The molecule has 0 amide bonds. The Kier molecular flexibility index (Phi) is 3.43. The van der Waals surface area contributed by atoms with E-state index < -0.39 is 0 Å². The molecule has 0 radical (unpaired) electrons. The standard InChI is InChI=1S/C17H25N/c1-14-7-9-17(10-8-14)11-12-18-13-16(17)15-5-3-2-4-6-15/h2-6,14,16,18H,7-13H2,1H3. The first-order chi connectivity index (χ1) is 8.80. The lowest BCUT2D eigenvalue weighted by atomic mass is 9.59. The van der Waals surface area contributed by atoms with Gasteiger partial charge in [-0.05, 0) is 42.7 Å². The summed E-state index contributed by atoms with van der Waals surface area (Å²) in [4.78, 5) is 0. The van der Waals surface area contributed by atoms with Gasteiger partial charge in [0.05, 0.1) is 0 Å². The van der Waals surface area contributed by atoms with Crippen LogP contribution in [0.15, 0.2) is 30.3 Å². The lowest BCUT2D eigenvalue weighted by molar-refractivity contribution is 0.0834. The topological polar surface area (TPSA) is 12.0 Å². The van der Waals surface area contributed by atoms with Crippen molar-refractivity contribution in [2.45, 2.75) is 44.9 Å². The van der Waals surface area contributed by atoms with Crippen LogP contribution in [0.1, 0.15) is 50.5 Å². The fraction of sp³-hybridized carbons (Fsp3) is 0.647. The van der Waals surface area contributed by atoms with Crippen LogP contribution in [-0.2, 0) is 0 Å². The third kappa shape index (κ3) is 2.21. The van der Waals surface area contributed by atoms with Crippen molar-refractivity contribution < 1.29 is 0 Å². The molecule has 2 aliphatic rings. The Morgan fingerprint density at radius 2 is 1.78 bits per heavy atom. The molecular weight excluding hydrogens is 218 g/mol. The molecule has 1 saturated heterocycles. The summed E-state index contributed by atoms with van der Waals surface area (Å²) in [5.41, 5.74) is 2.15. The largest absolute Gasteiger partial charge is 0.316 e. The van der Waals surface area contributed by atoms with Gasteiger partial charge in [0, 0.05) is 12.5 Å². The van der Waals surface area contributed by atoms with Crippen LogP contribution in [0.25, 0.3) is 0 Å². The molecule has 1 heterocycles. The Labute approximate surface area is 111 Å². The minimum Gasteiger partial charge on any atom is -0.316 e. The Bertz CT molecular complexity index is 376. The SMILES string of the molecule is CC1CCC2(CCNCC2c2ccccc2)CC1. The molecule has 1 saturated carbocycles. The predicted octanol–water partition coefficient (Wildman–Crippen LogP) is 3.96.